The van der Waals surface area contributed by atoms with Crippen molar-refractivity contribution in [1.82, 2.24) is 5.32 Å². The second kappa shape index (κ2) is 4.59. The molecule has 0 aliphatic carbocycles. The molecular weight excluding hydrogens is 106 g/mol. The van der Waals surface area contributed by atoms with Gasteiger partial charge in [-0.2, -0.15) is 0 Å². The molecule has 0 rings (SSSR count). The van der Waals surface area contributed by atoms with Crippen LogP contribution in [0.2, 0.25) is 0 Å². The fourth-order valence-electron chi connectivity index (χ4n) is 0.218. The van der Waals surface area contributed by atoms with E-state index >= 15 is 0 Å². The van der Waals surface area contributed by atoms with Crippen molar-refractivity contribution in [3.63, 3.8) is 0 Å². The topological polar surface area (TPSA) is 38.3 Å². The standard InChI is InChI=1S/C5H10NO2/c1-3-8-4-5(7)6-2/h4H,3H2,1-2H3,(H,6,7). The predicted molar refractivity (Wildman–Crippen MR) is 30.0 cm³/mol. The summed E-state index contributed by atoms with van der Waals surface area (Å²) in [6.07, 6.45) is 0. The minimum atomic E-state index is -0.202. The summed E-state index contributed by atoms with van der Waals surface area (Å²) in [5.74, 6) is -0.202. The van der Waals surface area contributed by atoms with E-state index in [1.54, 1.807) is 7.05 Å². The molecule has 0 fully saturated rings. The number of nitrogens with one attached hydrogen (secondary N) is 1. The number of amides is 1. The first-order valence-electron chi connectivity index (χ1n) is 2.47. The van der Waals surface area contributed by atoms with Crippen molar-refractivity contribution in [2.75, 3.05) is 13.7 Å². The summed E-state index contributed by atoms with van der Waals surface area (Å²) < 4.78 is 4.65. The van der Waals surface area contributed by atoms with Crippen molar-refractivity contribution in [2.24, 2.45) is 0 Å². The molecule has 0 bridgehead atoms. The molecule has 0 aromatic heterocycles. The van der Waals surface area contributed by atoms with Crippen molar-refractivity contribution in [3.05, 3.63) is 6.61 Å². The number of ether oxygens (including phenoxy) is 1. The van der Waals surface area contributed by atoms with Gasteiger partial charge in [0.2, 0.25) is 0 Å². The third kappa shape index (κ3) is 3.61. The predicted octanol–water partition coefficient (Wildman–Crippen LogP) is -0.0693. The Labute approximate surface area is 49.0 Å². The van der Waals surface area contributed by atoms with E-state index in [-0.39, 0.29) is 5.91 Å². The van der Waals surface area contributed by atoms with Gasteiger partial charge in [-0.05, 0) is 6.92 Å². The van der Waals surface area contributed by atoms with Crippen LogP contribution in [0.15, 0.2) is 0 Å². The van der Waals surface area contributed by atoms with Gasteiger partial charge in [-0.15, -0.1) is 0 Å². The van der Waals surface area contributed by atoms with Crippen LogP contribution in [0, 0.1) is 6.61 Å². The highest BCUT2D eigenvalue weighted by molar-refractivity contribution is 5.82. The van der Waals surface area contributed by atoms with Crippen molar-refractivity contribution >= 4 is 5.91 Å². The highest BCUT2D eigenvalue weighted by Gasteiger charge is 1.94. The van der Waals surface area contributed by atoms with Crippen LogP contribution in [0.4, 0.5) is 0 Å². The molecule has 0 heterocycles. The Morgan fingerprint density at radius 2 is 2.50 bits per heavy atom. The summed E-state index contributed by atoms with van der Waals surface area (Å²) in [4.78, 5) is 10.3. The summed E-state index contributed by atoms with van der Waals surface area (Å²) in [6.45, 7) is 3.51. The lowest BCUT2D eigenvalue weighted by Gasteiger charge is -1.95. The molecule has 0 aromatic rings. The normalized spacial score (nSPS) is 8.75. The SMILES string of the molecule is CCO[CH]C(=O)NC. The molecule has 1 radical (unpaired) electrons. The van der Waals surface area contributed by atoms with Crippen molar-refractivity contribution < 1.29 is 9.53 Å². The Kier molecular flexibility index (Phi) is 4.26. The zero-order chi connectivity index (χ0) is 6.41. The zero-order valence-electron chi connectivity index (χ0n) is 5.10. The molecular formula is C5H10NO2. The van der Waals surface area contributed by atoms with Gasteiger partial charge < -0.3 is 10.1 Å². The lowest BCUT2D eigenvalue weighted by molar-refractivity contribution is -0.121. The largest absolute Gasteiger partial charge is 0.365 e. The molecule has 0 saturated carbocycles. The summed E-state index contributed by atoms with van der Waals surface area (Å²) in [5.41, 5.74) is 0. The summed E-state index contributed by atoms with van der Waals surface area (Å²) in [6, 6.07) is 0. The van der Waals surface area contributed by atoms with E-state index < -0.39 is 0 Å². The Hall–Kier alpha value is -0.570. The first kappa shape index (κ1) is 7.43. The number of hydrogen-bond donors (Lipinski definition) is 1. The van der Waals surface area contributed by atoms with E-state index in [9.17, 15) is 4.79 Å². The maximum absolute atomic E-state index is 10.3. The summed E-state index contributed by atoms with van der Waals surface area (Å²) >= 11 is 0. The number of hydrogen-bond acceptors (Lipinski definition) is 2. The molecule has 1 amide bonds. The van der Waals surface area contributed by atoms with E-state index in [1.165, 1.54) is 0 Å². The molecule has 0 atom stereocenters. The second-order valence-corrected chi connectivity index (χ2v) is 1.19. The number of carbonyl (C=O) groups excluding carboxylic acids is 1. The van der Waals surface area contributed by atoms with Crippen molar-refractivity contribution in [1.29, 1.82) is 0 Å². The monoisotopic (exact) mass is 116 g/mol. The molecule has 0 spiro atoms. The van der Waals surface area contributed by atoms with E-state index in [2.05, 4.69) is 10.1 Å². The first-order valence-corrected chi connectivity index (χ1v) is 2.47. The van der Waals surface area contributed by atoms with E-state index in [0.29, 0.717) is 6.61 Å². The van der Waals surface area contributed by atoms with Crippen LogP contribution in [0.25, 0.3) is 0 Å². The molecule has 0 aliphatic heterocycles. The molecule has 0 saturated heterocycles. The van der Waals surface area contributed by atoms with Gasteiger partial charge in [-0.1, -0.05) is 0 Å². The van der Waals surface area contributed by atoms with Gasteiger partial charge in [0.25, 0.3) is 5.91 Å². The lowest BCUT2D eigenvalue weighted by Crippen LogP contribution is -2.18. The summed E-state index contributed by atoms with van der Waals surface area (Å²) in [5, 5.41) is 2.38. The quantitative estimate of drug-likeness (QED) is 0.560. The maximum atomic E-state index is 10.3. The van der Waals surface area contributed by atoms with E-state index in [1.807, 2.05) is 6.92 Å². The first-order chi connectivity index (χ1) is 3.81. The van der Waals surface area contributed by atoms with Gasteiger partial charge >= 0.3 is 0 Å². The number of carbonyl (C=O) groups is 1. The molecule has 0 aliphatic rings. The minimum Gasteiger partial charge on any atom is -0.365 e. The molecule has 3 nitrogen and oxygen atoms in total. The third-order valence-electron chi connectivity index (χ3n) is 0.603. The summed E-state index contributed by atoms with van der Waals surface area (Å²) in [7, 11) is 1.55. The molecule has 0 aromatic carbocycles. The van der Waals surface area contributed by atoms with E-state index in [4.69, 9.17) is 0 Å². The van der Waals surface area contributed by atoms with Crippen molar-refractivity contribution in [3.8, 4) is 0 Å². The Balaban J connectivity index is 2.99. The molecule has 0 unspecified atom stereocenters. The van der Waals surface area contributed by atoms with Crippen LogP contribution >= 0.6 is 0 Å². The fourth-order valence-corrected chi connectivity index (χ4v) is 0.218. The van der Waals surface area contributed by atoms with Gasteiger partial charge in [0.15, 0.2) is 6.61 Å². The highest BCUT2D eigenvalue weighted by Crippen LogP contribution is 1.77. The van der Waals surface area contributed by atoms with Gasteiger partial charge in [0.05, 0.1) is 0 Å². The van der Waals surface area contributed by atoms with Crippen LogP contribution in [0.1, 0.15) is 6.92 Å². The second-order valence-electron chi connectivity index (χ2n) is 1.19. The van der Waals surface area contributed by atoms with Crippen LogP contribution in [-0.4, -0.2) is 19.6 Å². The number of rotatable bonds is 3. The molecule has 47 valence electrons. The fraction of sp³-hybridized carbons (Fsp3) is 0.600. The van der Waals surface area contributed by atoms with Gasteiger partial charge in [-0.3, -0.25) is 4.79 Å². The van der Waals surface area contributed by atoms with Gasteiger partial charge in [0, 0.05) is 13.7 Å². The van der Waals surface area contributed by atoms with Crippen LogP contribution < -0.4 is 5.32 Å². The van der Waals surface area contributed by atoms with Gasteiger partial charge in [0.1, 0.15) is 0 Å². The Bertz CT molecular complexity index is 72.8. The average Bonchev–Trinajstić information content (AvgIpc) is 1.83. The third-order valence-corrected chi connectivity index (χ3v) is 0.603. The van der Waals surface area contributed by atoms with E-state index in [0.717, 1.165) is 6.61 Å². The maximum Gasteiger partial charge on any atom is 0.252 e. The minimum absolute atomic E-state index is 0.202. The Morgan fingerprint density at radius 1 is 1.88 bits per heavy atom. The van der Waals surface area contributed by atoms with Crippen LogP contribution in [0.3, 0.4) is 0 Å². The number of likely N-dealkylation sites (N-methyl/N-ethyl adjacent to an activating group) is 1. The average molecular weight is 116 g/mol. The molecule has 1 N–H and O–H groups in total. The van der Waals surface area contributed by atoms with Gasteiger partial charge in [-0.25, -0.2) is 0 Å². The smallest absolute Gasteiger partial charge is 0.252 e. The molecule has 3 heteroatoms. The van der Waals surface area contributed by atoms with Crippen molar-refractivity contribution in [2.45, 2.75) is 6.92 Å². The Morgan fingerprint density at radius 3 is 2.88 bits per heavy atom. The zero-order valence-corrected chi connectivity index (χ0v) is 5.10. The van der Waals surface area contributed by atoms with Crippen LogP contribution in [0.5, 0.6) is 0 Å². The molecule has 8 heavy (non-hydrogen) atoms. The highest BCUT2D eigenvalue weighted by atomic mass is 16.5. The lowest BCUT2D eigenvalue weighted by atomic mass is 10.6. The van der Waals surface area contributed by atoms with Crippen LogP contribution in [-0.2, 0) is 9.53 Å².